The molecule has 1 aliphatic heterocycles. The smallest absolute Gasteiger partial charge is 0.234 e. The second kappa shape index (κ2) is 11.3. The molecule has 0 spiro atoms. The molecule has 4 rings (SSSR count). The average molecular weight is 494 g/mol. The summed E-state index contributed by atoms with van der Waals surface area (Å²) in [6.45, 7) is 10.4. The lowest BCUT2D eigenvalue weighted by molar-refractivity contribution is -0.113. The van der Waals surface area contributed by atoms with E-state index in [1.807, 2.05) is 38.1 Å². The molecule has 1 saturated heterocycles. The Kier molecular flexibility index (Phi) is 8.13. The maximum Gasteiger partial charge on any atom is 0.234 e. The van der Waals surface area contributed by atoms with Crippen LogP contribution in [0.25, 0.3) is 5.69 Å². The summed E-state index contributed by atoms with van der Waals surface area (Å²) >= 11 is 1.41. The molecular formula is C27H35N5O2S. The molecule has 7 nitrogen and oxygen atoms in total. The van der Waals surface area contributed by atoms with Gasteiger partial charge in [-0.3, -0.25) is 14.3 Å². The standard InChI is InChI=1S/C27H35N5O2S/c1-18-15-19(2)25(20(3)16-18)28-24(33)17-35-27-30-29-26(21(4)31-13-7-6-8-14-31)32(27)22-9-11-23(34-5)12-10-22/h9-12,15-16,21H,6-8,13-14,17H2,1-5H3,(H,28,33)/t21-/m0/s1. The number of ether oxygens (including phenoxy) is 1. The van der Waals surface area contributed by atoms with Crippen LogP contribution < -0.4 is 10.1 Å². The molecule has 3 aromatic rings. The predicted octanol–water partition coefficient (Wildman–Crippen LogP) is 5.48. The summed E-state index contributed by atoms with van der Waals surface area (Å²) in [5, 5.41) is 12.9. The third kappa shape index (κ3) is 5.87. The zero-order valence-corrected chi connectivity index (χ0v) is 22.1. The van der Waals surface area contributed by atoms with E-state index in [1.54, 1.807) is 7.11 Å². The molecule has 1 amide bonds. The lowest BCUT2D eigenvalue weighted by atomic mass is 10.1. The van der Waals surface area contributed by atoms with Crippen LogP contribution in [0.5, 0.6) is 5.75 Å². The molecule has 1 aromatic heterocycles. The summed E-state index contributed by atoms with van der Waals surface area (Å²) in [5.41, 5.74) is 5.18. The molecule has 0 saturated carbocycles. The molecule has 2 aromatic carbocycles. The Bertz CT molecular complexity index is 1150. The molecule has 0 radical (unpaired) electrons. The van der Waals surface area contributed by atoms with Crippen LogP contribution in [0.4, 0.5) is 5.69 Å². The van der Waals surface area contributed by atoms with Crippen molar-refractivity contribution < 1.29 is 9.53 Å². The number of aromatic nitrogens is 3. The fourth-order valence-corrected chi connectivity index (χ4v) is 5.53. The van der Waals surface area contributed by atoms with E-state index in [9.17, 15) is 4.79 Å². The van der Waals surface area contributed by atoms with Gasteiger partial charge in [0.2, 0.25) is 5.91 Å². The number of aryl methyl sites for hydroxylation is 3. The number of hydrogen-bond acceptors (Lipinski definition) is 6. The van der Waals surface area contributed by atoms with Crippen molar-refractivity contribution in [3.8, 4) is 11.4 Å². The number of methoxy groups -OCH3 is 1. The molecular weight excluding hydrogens is 458 g/mol. The second-order valence-electron chi connectivity index (χ2n) is 9.26. The maximum absolute atomic E-state index is 12.9. The highest BCUT2D eigenvalue weighted by atomic mass is 32.2. The van der Waals surface area contributed by atoms with Gasteiger partial charge in [-0.2, -0.15) is 0 Å². The Hall–Kier alpha value is -2.84. The summed E-state index contributed by atoms with van der Waals surface area (Å²) in [6.07, 6.45) is 3.70. The van der Waals surface area contributed by atoms with Crippen molar-refractivity contribution in [2.45, 2.75) is 58.2 Å². The summed E-state index contributed by atoms with van der Waals surface area (Å²) in [5.74, 6) is 1.88. The van der Waals surface area contributed by atoms with E-state index in [0.29, 0.717) is 5.16 Å². The van der Waals surface area contributed by atoms with Crippen LogP contribution in [0.2, 0.25) is 0 Å². The highest BCUT2D eigenvalue weighted by molar-refractivity contribution is 7.99. The molecule has 2 heterocycles. The van der Waals surface area contributed by atoms with E-state index in [2.05, 4.69) is 51.0 Å². The summed E-state index contributed by atoms with van der Waals surface area (Å²) in [7, 11) is 1.66. The first kappa shape index (κ1) is 25.3. The van der Waals surface area contributed by atoms with Crippen LogP contribution in [0.15, 0.2) is 41.6 Å². The van der Waals surface area contributed by atoms with Crippen molar-refractivity contribution in [1.29, 1.82) is 0 Å². The van der Waals surface area contributed by atoms with Gasteiger partial charge in [0.15, 0.2) is 11.0 Å². The van der Waals surface area contributed by atoms with Gasteiger partial charge in [0.05, 0.1) is 18.9 Å². The van der Waals surface area contributed by atoms with Gasteiger partial charge in [0.25, 0.3) is 0 Å². The van der Waals surface area contributed by atoms with E-state index < -0.39 is 0 Å². The Morgan fingerprint density at radius 3 is 2.34 bits per heavy atom. The molecule has 8 heteroatoms. The van der Waals surface area contributed by atoms with Gasteiger partial charge in [-0.1, -0.05) is 35.9 Å². The minimum atomic E-state index is -0.0556. The number of amides is 1. The Morgan fingerprint density at radius 1 is 1.06 bits per heavy atom. The molecule has 0 unspecified atom stereocenters. The maximum atomic E-state index is 12.9. The van der Waals surface area contributed by atoms with Crippen molar-refractivity contribution in [2.75, 3.05) is 31.3 Å². The lowest BCUT2D eigenvalue weighted by Gasteiger charge is -2.31. The Balaban J connectivity index is 1.57. The average Bonchev–Trinajstić information content (AvgIpc) is 3.29. The highest BCUT2D eigenvalue weighted by Gasteiger charge is 2.26. The summed E-state index contributed by atoms with van der Waals surface area (Å²) < 4.78 is 7.43. The van der Waals surface area contributed by atoms with Crippen molar-refractivity contribution in [2.24, 2.45) is 0 Å². The van der Waals surface area contributed by atoms with E-state index in [4.69, 9.17) is 4.74 Å². The number of nitrogens with zero attached hydrogens (tertiary/aromatic N) is 4. The quantitative estimate of drug-likeness (QED) is 0.419. The monoisotopic (exact) mass is 493 g/mol. The van der Waals surface area contributed by atoms with E-state index in [-0.39, 0.29) is 17.7 Å². The molecule has 35 heavy (non-hydrogen) atoms. The van der Waals surface area contributed by atoms with Crippen molar-refractivity contribution in [1.82, 2.24) is 19.7 Å². The van der Waals surface area contributed by atoms with E-state index in [1.165, 1.54) is 36.6 Å². The zero-order valence-electron chi connectivity index (χ0n) is 21.3. The van der Waals surface area contributed by atoms with Gasteiger partial charge in [0, 0.05) is 11.4 Å². The number of hydrogen-bond donors (Lipinski definition) is 1. The van der Waals surface area contributed by atoms with Gasteiger partial charge in [-0.25, -0.2) is 0 Å². The van der Waals surface area contributed by atoms with Crippen LogP contribution in [-0.4, -0.2) is 51.5 Å². The molecule has 1 aliphatic rings. The van der Waals surface area contributed by atoms with Crippen LogP contribution in [0, 0.1) is 20.8 Å². The number of anilines is 1. The number of carbonyl (C=O) groups excluding carboxylic acids is 1. The lowest BCUT2D eigenvalue weighted by Crippen LogP contribution is -2.33. The number of likely N-dealkylation sites (tertiary alicyclic amines) is 1. The third-order valence-electron chi connectivity index (χ3n) is 6.57. The fourth-order valence-electron chi connectivity index (χ4n) is 4.77. The minimum Gasteiger partial charge on any atom is -0.497 e. The summed E-state index contributed by atoms with van der Waals surface area (Å²) in [4.78, 5) is 15.4. The summed E-state index contributed by atoms with van der Waals surface area (Å²) in [6, 6.07) is 12.2. The van der Waals surface area contributed by atoms with Gasteiger partial charge >= 0.3 is 0 Å². The normalized spacial score (nSPS) is 15.1. The first-order valence-electron chi connectivity index (χ1n) is 12.2. The first-order valence-corrected chi connectivity index (χ1v) is 13.2. The van der Waals surface area contributed by atoms with Crippen molar-refractivity contribution >= 4 is 23.4 Å². The van der Waals surface area contributed by atoms with Crippen LogP contribution in [-0.2, 0) is 4.79 Å². The predicted molar refractivity (Wildman–Crippen MR) is 142 cm³/mol. The molecule has 1 N–H and O–H groups in total. The Labute approximate surface area is 212 Å². The first-order chi connectivity index (χ1) is 16.9. The SMILES string of the molecule is COc1ccc(-n2c(SCC(=O)Nc3c(C)cc(C)cc3C)nnc2[C@H](C)N2CCCCC2)cc1. The fraction of sp³-hybridized carbons (Fsp3) is 0.444. The molecule has 0 aliphatic carbocycles. The van der Waals surface area contributed by atoms with E-state index in [0.717, 1.165) is 47.2 Å². The van der Waals surface area contributed by atoms with Crippen LogP contribution in [0.3, 0.4) is 0 Å². The van der Waals surface area contributed by atoms with Gasteiger partial charge in [-0.05, 0) is 89.0 Å². The third-order valence-corrected chi connectivity index (χ3v) is 7.50. The second-order valence-corrected chi connectivity index (χ2v) is 10.2. The molecule has 0 bridgehead atoms. The highest BCUT2D eigenvalue weighted by Crippen LogP contribution is 2.30. The van der Waals surface area contributed by atoms with Crippen LogP contribution in [0.1, 0.15) is 54.7 Å². The van der Waals surface area contributed by atoms with Gasteiger partial charge < -0.3 is 10.1 Å². The largest absolute Gasteiger partial charge is 0.497 e. The van der Waals surface area contributed by atoms with Crippen molar-refractivity contribution in [3.63, 3.8) is 0 Å². The van der Waals surface area contributed by atoms with E-state index >= 15 is 0 Å². The number of nitrogens with one attached hydrogen (secondary N) is 1. The van der Waals surface area contributed by atoms with Gasteiger partial charge in [0.1, 0.15) is 5.75 Å². The number of thioether (sulfide) groups is 1. The minimum absolute atomic E-state index is 0.0556. The molecule has 1 atom stereocenters. The number of benzene rings is 2. The number of carbonyl (C=O) groups is 1. The van der Waals surface area contributed by atoms with Crippen LogP contribution >= 0.6 is 11.8 Å². The van der Waals surface area contributed by atoms with Gasteiger partial charge in [-0.15, -0.1) is 10.2 Å². The zero-order chi connectivity index (χ0) is 24.9. The molecule has 186 valence electrons. The topological polar surface area (TPSA) is 72.3 Å². The number of piperidine rings is 1. The molecule has 1 fully saturated rings. The van der Waals surface area contributed by atoms with Crippen molar-refractivity contribution in [3.05, 3.63) is 58.9 Å². The Morgan fingerprint density at radius 2 is 1.71 bits per heavy atom. The number of rotatable bonds is 8.